The summed E-state index contributed by atoms with van der Waals surface area (Å²) in [6.45, 7) is 0.447. The minimum absolute atomic E-state index is 0.447. The first kappa shape index (κ1) is 15.2. The van der Waals surface area contributed by atoms with Crippen LogP contribution < -0.4 is 10.5 Å². The molecule has 4 aromatic rings. The van der Waals surface area contributed by atoms with Gasteiger partial charge in [-0.3, -0.25) is 0 Å². The van der Waals surface area contributed by atoms with Crippen LogP contribution >= 0.6 is 0 Å². The van der Waals surface area contributed by atoms with E-state index >= 15 is 0 Å². The van der Waals surface area contributed by atoms with Crippen molar-refractivity contribution in [2.45, 2.75) is 6.61 Å². The number of pyridine rings is 1. The van der Waals surface area contributed by atoms with E-state index in [2.05, 4.69) is 17.1 Å². The topological polar surface area (TPSA) is 48.1 Å². The maximum Gasteiger partial charge on any atom is 0.130 e. The monoisotopic (exact) mass is 326 g/mol. The molecule has 3 nitrogen and oxygen atoms in total. The normalized spacial score (nSPS) is 10.7. The van der Waals surface area contributed by atoms with Crippen LogP contribution in [-0.4, -0.2) is 4.98 Å². The molecule has 0 aliphatic carbocycles. The van der Waals surface area contributed by atoms with Gasteiger partial charge in [0, 0.05) is 11.1 Å². The first-order valence-corrected chi connectivity index (χ1v) is 8.21. The summed E-state index contributed by atoms with van der Waals surface area (Å²) in [6.07, 6.45) is 0. The first-order valence-electron chi connectivity index (χ1n) is 8.21. The quantitative estimate of drug-likeness (QED) is 0.533. The molecular formula is C22H18N2O. The van der Waals surface area contributed by atoms with Crippen LogP contribution in [-0.2, 0) is 6.61 Å². The number of fused-ring (bicyclic) bond motifs is 1. The van der Waals surface area contributed by atoms with E-state index in [0.29, 0.717) is 6.61 Å². The Kier molecular flexibility index (Phi) is 4.05. The molecule has 0 unspecified atom stereocenters. The zero-order valence-electron chi connectivity index (χ0n) is 13.7. The Morgan fingerprint density at radius 2 is 1.60 bits per heavy atom. The van der Waals surface area contributed by atoms with Gasteiger partial charge in [-0.15, -0.1) is 0 Å². The zero-order valence-corrected chi connectivity index (χ0v) is 13.7. The van der Waals surface area contributed by atoms with Gasteiger partial charge in [-0.05, 0) is 47.5 Å². The molecule has 1 heterocycles. The number of nitrogens with two attached hydrogens (primary N) is 1. The smallest absolute Gasteiger partial charge is 0.130 e. The molecule has 0 aliphatic rings. The lowest BCUT2D eigenvalue weighted by atomic mass is 10.1. The third-order valence-corrected chi connectivity index (χ3v) is 4.12. The summed E-state index contributed by atoms with van der Waals surface area (Å²) in [5.74, 6) is 0.822. The van der Waals surface area contributed by atoms with Crippen molar-refractivity contribution in [2.75, 3.05) is 5.73 Å². The number of nitrogen functional groups attached to an aromatic ring is 1. The van der Waals surface area contributed by atoms with Gasteiger partial charge in [0.1, 0.15) is 12.4 Å². The van der Waals surface area contributed by atoms with Crippen molar-refractivity contribution >= 4 is 16.6 Å². The van der Waals surface area contributed by atoms with Gasteiger partial charge in [0.05, 0.1) is 11.2 Å². The van der Waals surface area contributed by atoms with Crippen molar-refractivity contribution in [3.63, 3.8) is 0 Å². The molecule has 122 valence electrons. The van der Waals surface area contributed by atoms with Crippen LogP contribution in [0.15, 0.2) is 84.9 Å². The molecule has 3 aromatic carbocycles. The number of nitrogens with zero attached hydrogens (tertiary/aromatic N) is 1. The van der Waals surface area contributed by atoms with Crippen molar-refractivity contribution in [3.8, 4) is 16.9 Å². The van der Waals surface area contributed by atoms with Crippen LogP contribution in [0.1, 0.15) is 5.69 Å². The van der Waals surface area contributed by atoms with E-state index in [1.807, 2.05) is 72.8 Å². The van der Waals surface area contributed by atoms with Crippen molar-refractivity contribution < 1.29 is 4.74 Å². The van der Waals surface area contributed by atoms with E-state index in [1.165, 1.54) is 0 Å². The van der Waals surface area contributed by atoms with Gasteiger partial charge in [0.15, 0.2) is 0 Å². The molecule has 3 heteroatoms. The first-order chi connectivity index (χ1) is 12.3. The highest BCUT2D eigenvalue weighted by molar-refractivity contribution is 5.78. The Balaban J connectivity index is 1.47. The van der Waals surface area contributed by atoms with Crippen molar-refractivity contribution in [1.29, 1.82) is 0 Å². The van der Waals surface area contributed by atoms with Gasteiger partial charge in [0.25, 0.3) is 0 Å². The number of hydrogen-bond acceptors (Lipinski definition) is 3. The lowest BCUT2D eigenvalue weighted by Gasteiger charge is -2.08. The Morgan fingerprint density at radius 1 is 0.760 bits per heavy atom. The number of ether oxygens (including phenoxy) is 1. The third kappa shape index (κ3) is 3.45. The lowest BCUT2D eigenvalue weighted by molar-refractivity contribution is 0.302. The minimum Gasteiger partial charge on any atom is -0.487 e. The zero-order chi connectivity index (χ0) is 17.1. The molecule has 0 bridgehead atoms. The molecule has 25 heavy (non-hydrogen) atoms. The molecular weight excluding hydrogens is 308 g/mol. The van der Waals surface area contributed by atoms with Crippen molar-refractivity contribution in [3.05, 3.63) is 90.6 Å². The van der Waals surface area contributed by atoms with E-state index in [9.17, 15) is 0 Å². The Labute approximate surface area is 146 Å². The van der Waals surface area contributed by atoms with E-state index in [4.69, 9.17) is 10.5 Å². The molecule has 0 atom stereocenters. The maximum absolute atomic E-state index is 5.87. The molecule has 0 amide bonds. The Bertz CT molecular complexity index is 1010. The second-order valence-electron chi connectivity index (χ2n) is 5.93. The summed E-state index contributed by atoms with van der Waals surface area (Å²) in [5.41, 5.74) is 10.7. The summed E-state index contributed by atoms with van der Waals surface area (Å²) in [7, 11) is 0. The Hall–Kier alpha value is -3.33. The maximum atomic E-state index is 5.87. The number of para-hydroxylation sites is 1. The van der Waals surface area contributed by atoms with E-state index in [-0.39, 0.29) is 0 Å². The summed E-state index contributed by atoms with van der Waals surface area (Å²) >= 11 is 0. The summed E-state index contributed by atoms with van der Waals surface area (Å²) in [6, 6.07) is 28.0. The average Bonchev–Trinajstić information content (AvgIpc) is 2.66. The van der Waals surface area contributed by atoms with Crippen LogP contribution in [0.4, 0.5) is 5.69 Å². The predicted molar refractivity (Wildman–Crippen MR) is 102 cm³/mol. The summed E-state index contributed by atoms with van der Waals surface area (Å²) in [4.78, 5) is 4.63. The van der Waals surface area contributed by atoms with Crippen molar-refractivity contribution in [1.82, 2.24) is 4.98 Å². The lowest BCUT2D eigenvalue weighted by Crippen LogP contribution is -1.98. The fourth-order valence-corrected chi connectivity index (χ4v) is 2.81. The number of hydrogen-bond donors (Lipinski definition) is 1. The summed E-state index contributed by atoms with van der Waals surface area (Å²) < 4.78 is 5.87. The molecule has 1 aromatic heterocycles. The minimum atomic E-state index is 0.447. The van der Waals surface area contributed by atoms with Gasteiger partial charge < -0.3 is 10.5 Å². The number of aromatic nitrogens is 1. The SMILES string of the molecule is Nc1cccc(-c2ccc(OCc3ccc4ccccc4n3)cc2)c1. The highest BCUT2D eigenvalue weighted by Crippen LogP contribution is 2.24. The fourth-order valence-electron chi connectivity index (χ4n) is 2.81. The summed E-state index contributed by atoms with van der Waals surface area (Å²) in [5, 5.41) is 1.14. The molecule has 4 rings (SSSR count). The largest absolute Gasteiger partial charge is 0.487 e. The number of anilines is 1. The van der Waals surface area contributed by atoms with E-state index in [1.54, 1.807) is 0 Å². The second-order valence-corrected chi connectivity index (χ2v) is 5.93. The second kappa shape index (κ2) is 6.65. The fraction of sp³-hybridized carbons (Fsp3) is 0.0455. The molecule has 0 saturated carbocycles. The highest BCUT2D eigenvalue weighted by Gasteiger charge is 2.02. The number of rotatable bonds is 4. The van der Waals surface area contributed by atoms with Gasteiger partial charge in [0.2, 0.25) is 0 Å². The van der Waals surface area contributed by atoms with Crippen LogP contribution in [0.2, 0.25) is 0 Å². The van der Waals surface area contributed by atoms with Crippen LogP contribution in [0.3, 0.4) is 0 Å². The van der Waals surface area contributed by atoms with Gasteiger partial charge >= 0.3 is 0 Å². The molecule has 0 aliphatic heterocycles. The highest BCUT2D eigenvalue weighted by atomic mass is 16.5. The predicted octanol–water partition coefficient (Wildman–Crippen LogP) is 5.06. The average molecular weight is 326 g/mol. The molecule has 0 spiro atoms. The van der Waals surface area contributed by atoms with Crippen LogP contribution in [0.25, 0.3) is 22.0 Å². The van der Waals surface area contributed by atoms with Gasteiger partial charge in [-0.25, -0.2) is 4.98 Å². The molecule has 0 radical (unpaired) electrons. The number of benzene rings is 3. The van der Waals surface area contributed by atoms with E-state index in [0.717, 1.165) is 39.2 Å². The van der Waals surface area contributed by atoms with Crippen LogP contribution in [0, 0.1) is 0 Å². The van der Waals surface area contributed by atoms with E-state index < -0.39 is 0 Å². The molecule has 0 saturated heterocycles. The van der Waals surface area contributed by atoms with Crippen molar-refractivity contribution in [2.24, 2.45) is 0 Å². The van der Waals surface area contributed by atoms with Crippen LogP contribution in [0.5, 0.6) is 5.75 Å². The molecule has 0 fully saturated rings. The van der Waals surface area contributed by atoms with Gasteiger partial charge in [-0.2, -0.15) is 0 Å². The standard InChI is InChI=1S/C22H18N2O/c23-19-6-3-5-18(14-19)16-9-12-21(13-10-16)25-15-20-11-8-17-4-1-2-7-22(17)24-20/h1-14H,15,23H2. The third-order valence-electron chi connectivity index (χ3n) is 4.12. The Morgan fingerprint density at radius 3 is 2.44 bits per heavy atom. The molecule has 2 N–H and O–H groups in total. The van der Waals surface area contributed by atoms with Gasteiger partial charge in [-0.1, -0.05) is 48.5 Å².